The Balaban J connectivity index is 1.21. The molecule has 4 heterocycles. The molecule has 0 N–H and O–H groups in total. The van der Waals surface area contributed by atoms with Crippen molar-refractivity contribution >= 4 is 9.84 Å². The predicted molar refractivity (Wildman–Crippen MR) is 121 cm³/mol. The van der Waals surface area contributed by atoms with E-state index in [0.717, 1.165) is 63.5 Å². The molecule has 34 heavy (non-hydrogen) atoms. The Morgan fingerprint density at radius 3 is 2.29 bits per heavy atom. The van der Waals surface area contributed by atoms with E-state index >= 15 is 0 Å². The maximum atomic E-state index is 12.8. The summed E-state index contributed by atoms with van der Waals surface area (Å²) in [7, 11) is -2.79. The van der Waals surface area contributed by atoms with Gasteiger partial charge < -0.3 is 4.90 Å². The zero-order valence-corrected chi connectivity index (χ0v) is 20.1. The van der Waals surface area contributed by atoms with Crippen molar-refractivity contribution in [2.45, 2.75) is 70.1 Å². The fourth-order valence-electron chi connectivity index (χ4n) is 5.95. The highest BCUT2D eigenvalue weighted by atomic mass is 32.2. The number of sulfone groups is 1. The summed E-state index contributed by atoms with van der Waals surface area (Å²) in [5, 5.41) is 4.54. The monoisotopic (exact) mass is 497 g/mol. The molecule has 5 rings (SSSR count). The summed E-state index contributed by atoms with van der Waals surface area (Å²) in [5.41, 5.74) is -0.407. The van der Waals surface area contributed by atoms with Crippen molar-refractivity contribution in [3.05, 3.63) is 29.8 Å². The van der Waals surface area contributed by atoms with Crippen molar-refractivity contribution in [1.82, 2.24) is 24.6 Å². The molecule has 186 valence electrons. The Morgan fingerprint density at radius 2 is 1.76 bits per heavy atom. The number of piperidine rings is 1. The molecular formula is C23H30F3N5O2S. The van der Waals surface area contributed by atoms with Crippen molar-refractivity contribution in [1.29, 1.82) is 0 Å². The fraction of sp³-hybridized carbons (Fsp3) is 0.696. The first-order valence-electron chi connectivity index (χ1n) is 12.0. The number of nitrogens with zero attached hydrogens (tertiary/aromatic N) is 5. The first kappa shape index (κ1) is 23.7. The van der Waals surface area contributed by atoms with Crippen molar-refractivity contribution in [2.24, 2.45) is 5.41 Å². The van der Waals surface area contributed by atoms with Crippen LogP contribution in [0.25, 0.3) is 11.4 Å². The first-order chi connectivity index (χ1) is 16.1. The molecule has 0 bridgehead atoms. The van der Waals surface area contributed by atoms with Crippen LogP contribution >= 0.6 is 0 Å². The van der Waals surface area contributed by atoms with Crippen LogP contribution in [-0.2, 0) is 22.6 Å². The third-order valence-corrected chi connectivity index (χ3v) is 9.91. The van der Waals surface area contributed by atoms with Gasteiger partial charge in [0.15, 0.2) is 15.7 Å². The molecule has 2 saturated heterocycles. The second-order valence-corrected chi connectivity index (χ2v) is 12.2. The molecule has 0 radical (unpaired) electrons. The van der Waals surface area contributed by atoms with Crippen LogP contribution in [0.3, 0.4) is 0 Å². The summed E-state index contributed by atoms with van der Waals surface area (Å²) in [5.74, 6) is 2.31. The Kier molecular flexibility index (Phi) is 5.99. The van der Waals surface area contributed by atoms with E-state index in [4.69, 9.17) is 4.98 Å². The van der Waals surface area contributed by atoms with Crippen LogP contribution < -0.4 is 0 Å². The highest BCUT2D eigenvalue weighted by Crippen LogP contribution is 2.44. The summed E-state index contributed by atoms with van der Waals surface area (Å²) in [6.45, 7) is 4.58. The van der Waals surface area contributed by atoms with Crippen LogP contribution in [0.1, 0.15) is 62.9 Å². The van der Waals surface area contributed by atoms with Crippen LogP contribution in [0.4, 0.5) is 13.2 Å². The summed E-state index contributed by atoms with van der Waals surface area (Å²) in [6.07, 6.45) is 2.77. The normalized spacial score (nSPS) is 26.9. The first-order valence-corrected chi connectivity index (χ1v) is 13.8. The number of hydrogen-bond donors (Lipinski definition) is 0. The van der Waals surface area contributed by atoms with Gasteiger partial charge in [0.2, 0.25) is 0 Å². The second-order valence-electron chi connectivity index (χ2n) is 10.1. The molecule has 3 fully saturated rings. The van der Waals surface area contributed by atoms with Crippen LogP contribution in [0.2, 0.25) is 0 Å². The number of aromatic nitrogens is 4. The van der Waals surface area contributed by atoms with Gasteiger partial charge in [-0.15, -0.1) is 0 Å². The van der Waals surface area contributed by atoms with E-state index in [-0.39, 0.29) is 11.3 Å². The summed E-state index contributed by atoms with van der Waals surface area (Å²) < 4.78 is 63.6. The lowest BCUT2D eigenvalue weighted by molar-refractivity contribution is -0.141. The zero-order chi connectivity index (χ0) is 24.1. The molecule has 2 aromatic heterocycles. The Morgan fingerprint density at radius 1 is 1.09 bits per heavy atom. The van der Waals surface area contributed by atoms with Gasteiger partial charge in [0, 0.05) is 35.7 Å². The minimum Gasteiger partial charge on any atom is -0.300 e. The highest BCUT2D eigenvalue weighted by Gasteiger charge is 2.50. The summed E-state index contributed by atoms with van der Waals surface area (Å²) in [4.78, 5) is 10.8. The van der Waals surface area contributed by atoms with E-state index < -0.39 is 21.7 Å². The largest absolute Gasteiger partial charge is 0.433 e. The molecule has 1 aliphatic carbocycles. The highest BCUT2D eigenvalue weighted by molar-refractivity contribution is 7.92. The Hall–Kier alpha value is -2.01. The van der Waals surface area contributed by atoms with Crippen molar-refractivity contribution in [3.63, 3.8) is 0 Å². The number of halogens is 3. The summed E-state index contributed by atoms with van der Waals surface area (Å²) in [6, 6.07) is 2.86. The molecule has 7 nitrogen and oxygen atoms in total. The molecule has 1 saturated carbocycles. The van der Waals surface area contributed by atoms with Crippen molar-refractivity contribution < 1.29 is 21.6 Å². The maximum Gasteiger partial charge on any atom is 0.433 e. The third-order valence-electron chi connectivity index (χ3n) is 7.80. The van der Waals surface area contributed by atoms with Crippen LogP contribution in [0.5, 0.6) is 0 Å². The molecule has 0 unspecified atom stereocenters. The molecular weight excluding hydrogens is 467 g/mol. The fourth-order valence-corrected chi connectivity index (χ4v) is 8.31. The van der Waals surface area contributed by atoms with Gasteiger partial charge >= 0.3 is 6.18 Å². The topological polar surface area (TPSA) is 81.0 Å². The number of aryl methyl sites for hydroxylation is 1. The smallest absolute Gasteiger partial charge is 0.300 e. The Bertz CT molecular complexity index is 1120. The number of alkyl halides is 3. The quantitative estimate of drug-likeness (QED) is 0.637. The van der Waals surface area contributed by atoms with Crippen molar-refractivity contribution in [2.75, 3.05) is 24.6 Å². The van der Waals surface area contributed by atoms with Gasteiger partial charge in [-0.05, 0) is 70.7 Å². The van der Waals surface area contributed by atoms with Gasteiger partial charge in [-0.25, -0.2) is 18.1 Å². The number of pyridine rings is 1. The van der Waals surface area contributed by atoms with E-state index in [1.54, 1.807) is 0 Å². The van der Waals surface area contributed by atoms with E-state index in [1.165, 1.54) is 12.3 Å². The molecule has 2 aliphatic heterocycles. The number of hydrogen-bond acceptors (Lipinski definition) is 6. The maximum absolute atomic E-state index is 12.8. The van der Waals surface area contributed by atoms with Crippen LogP contribution in [0, 0.1) is 5.41 Å². The van der Waals surface area contributed by atoms with Gasteiger partial charge in [-0.1, -0.05) is 0 Å². The minimum absolute atomic E-state index is 0.0354. The van der Waals surface area contributed by atoms with Crippen LogP contribution in [0.15, 0.2) is 18.3 Å². The van der Waals surface area contributed by atoms with Gasteiger partial charge in [0.05, 0.1) is 11.5 Å². The van der Waals surface area contributed by atoms with Gasteiger partial charge in [-0.3, -0.25) is 4.98 Å². The molecule has 0 amide bonds. The lowest BCUT2D eigenvalue weighted by atomic mass is 9.79. The van der Waals surface area contributed by atoms with Crippen molar-refractivity contribution in [3.8, 4) is 11.4 Å². The molecule has 2 aromatic rings. The van der Waals surface area contributed by atoms with E-state index in [9.17, 15) is 21.6 Å². The lowest BCUT2D eigenvalue weighted by Gasteiger charge is -2.49. The molecule has 0 atom stereocenters. The molecule has 3 aliphatic rings. The third kappa shape index (κ3) is 4.60. The van der Waals surface area contributed by atoms with Gasteiger partial charge in [-0.2, -0.15) is 18.3 Å². The predicted octanol–water partition coefficient (Wildman–Crippen LogP) is 3.92. The molecule has 0 aromatic carbocycles. The lowest BCUT2D eigenvalue weighted by Crippen LogP contribution is -2.56. The SMILES string of the molecule is CCn1nc(-c2ccc(C(F)(F)F)nc2)nc1C1CCC(N2CCC3(CC2)CS(=O)(=O)C3)CC1. The van der Waals surface area contributed by atoms with E-state index in [1.807, 2.05) is 11.6 Å². The standard InChI is InChI=1S/C23H30F3N5O2S/c1-2-31-21(28-20(29-31)17-5-8-19(27-13-17)23(24,25)26)16-3-6-18(7-4-16)30-11-9-22(10-12-30)14-34(32,33)15-22/h5,8,13,16,18H,2-4,6-7,9-12,14-15H2,1H3. The van der Waals surface area contributed by atoms with Crippen LogP contribution in [-0.4, -0.2) is 63.7 Å². The average molecular weight is 498 g/mol. The van der Waals surface area contributed by atoms with E-state index in [2.05, 4.69) is 15.0 Å². The minimum atomic E-state index is -4.47. The van der Waals surface area contributed by atoms with E-state index in [0.29, 0.717) is 35.5 Å². The number of rotatable bonds is 4. The number of likely N-dealkylation sites (tertiary alicyclic amines) is 1. The van der Waals surface area contributed by atoms with Gasteiger partial charge in [0.1, 0.15) is 11.5 Å². The molecule has 11 heteroatoms. The molecule has 1 spiro atoms. The van der Waals surface area contributed by atoms with Gasteiger partial charge in [0.25, 0.3) is 0 Å². The summed E-state index contributed by atoms with van der Waals surface area (Å²) >= 11 is 0. The average Bonchev–Trinajstić information content (AvgIpc) is 3.22. The Labute approximate surface area is 197 Å². The zero-order valence-electron chi connectivity index (χ0n) is 19.3. The second kappa shape index (κ2) is 8.58.